The first-order valence-electron chi connectivity index (χ1n) is 9.56. The average Bonchev–Trinajstić information content (AvgIpc) is 3.27. The van der Waals surface area contributed by atoms with Gasteiger partial charge in [0.2, 0.25) is 5.91 Å². The van der Waals surface area contributed by atoms with Gasteiger partial charge in [-0.25, -0.2) is 0 Å². The zero-order valence-electron chi connectivity index (χ0n) is 16.3. The summed E-state index contributed by atoms with van der Waals surface area (Å²) in [4.78, 5) is 27.7. The summed E-state index contributed by atoms with van der Waals surface area (Å²) < 4.78 is 22.0. The maximum atomic E-state index is 13.4. The van der Waals surface area contributed by atoms with Crippen molar-refractivity contribution >= 4 is 11.9 Å². The number of carbonyl (C=O) groups is 2. The Morgan fingerprint density at radius 1 is 1.32 bits per heavy atom. The van der Waals surface area contributed by atoms with Gasteiger partial charge in [-0.05, 0) is 25.5 Å². The maximum absolute atomic E-state index is 13.4. The van der Waals surface area contributed by atoms with Crippen LogP contribution >= 0.6 is 0 Å². The molecule has 2 fully saturated rings. The number of esters is 1. The van der Waals surface area contributed by atoms with Gasteiger partial charge in [0.25, 0.3) is 0 Å². The summed E-state index contributed by atoms with van der Waals surface area (Å²) in [7, 11) is 3.19. The molecule has 7 heteroatoms. The van der Waals surface area contributed by atoms with Crippen molar-refractivity contribution in [2.75, 3.05) is 27.4 Å². The number of hydrogen-bond donors (Lipinski definition) is 0. The Bertz CT molecular complexity index is 821. The number of piperidine rings is 1. The van der Waals surface area contributed by atoms with Gasteiger partial charge in [0.15, 0.2) is 0 Å². The van der Waals surface area contributed by atoms with Gasteiger partial charge in [0.05, 0.1) is 32.8 Å². The Morgan fingerprint density at radius 2 is 2.14 bits per heavy atom. The van der Waals surface area contributed by atoms with E-state index in [0.717, 1.165) is 5.56 Å². The molecular formula is C21H25NO6. The first-order valence-corrected chi connectivity index (χ1v) is 9.56. The van der Waals surface area contributed by atoms with Gasteiger partial charge in [-0.15, -0.1) is 0 Å². The van der Waals surface area contributed by atoms with Crippen LogP contribution < -0.4 is 9.47 Å². The lowest BCUT2D eigenvalue weighted by molar-refractivity contribution is -0.157. The topological polar surface area (TPSA) is 74.3 Å². The Balaban J connectivity index is 1.58. The summed E-state index contributed by atoms with van der Waals surface area (Å²) in [6.45, 7) is 3.01. The number of ether oxygens (including phenoxy) is 4. The zero-order chi connectivity index (χ0) is 19.9. The summed E-state index contributed by atoms with van der Waals surface area (Å²) in [5, 5.41) is 0. The molecule has 2 saturated heterocycles. The second-order valence-electron chi connectivity index (χ2n) is 7.34. The molecule has 1 aromatic carbocycles. The van der Waals surface area contributed by atoms with Crippen LogP contribution in [0.3, 0.4) is 0 Å². The summed E-state index contributed by atoms with van der Waals surface area (Å²) >= 11 is 0. The smallest absolute Gasteiger partial charge is 0.312 e. The van der Waals surface area contributed by atoms with E-state index in [4.69, 9.17) is 18.9 Å². The largest absolute Gasteiger partial charge is 0.497 e. The van der Waals surface area contributed by atoms with Crippen molar-refractivity contribution in [1.82, 2.24) is 4.90 Å². The lowest BCUT2D eigenvalue weighted by Crippen LogP contribution is -2.55. The van der Waals surface area contributed by atoms with Crippen molar-refractivity contribution < 1.29 is 28.5 Å². The molecular weight excluding hydrogens is 362 g/mol. The number of benzene rings is 1. The van der Waals surface area contributed by atoms with E-state index in [1.165, 1.54) is 0 Å². The molecule has 150 valence electrons. The number of fused-ring (bicyclic) bond motifs is 1. The molecule has 0 radical (unpaired) electrons. The van der Waals surface area contributed by atoms with Crippen molar-refractivity contribution in [3.8, 4) is 11.5 Å². The highest BCUT2D eigenvalue weighted by Crippen LogP contribution is 2.52. The molecule has 0 unspecified atom stereocenters. The lowest BCUT2D eigenvalue weighted by atomic mass is 9.71. The SMILES string of the molecule is CCOC(=O)[C@H]1[C@H]2C(=O)N(Cc3ccc(OC)cc3OC)CC[C@]23C=C[C@H]1O3. The summed E-state index contributed by atoms with van der Waals surface area (Å²) in [5.74, 6) is -0.204. The normalized spacial score (nSPS) is 30.3. The minimum absolute atomic E-state index is 0.0750. The molecule has 1 aromatic rings. The number of likely N-dealkylation sites (tertiary alicyclic amines) is 1. The molecule has 7 nitrogen and oxygen atoms in total. The number of methoxy groups -OCH3 is 2. The molecule has 4 rings (SSSR count). The van der Waals surface area contributed by atoms with Crippen molar-refractivity contribution in [3.63, 3.8) is 0 Å². The summed E-state index contributed by atoms with van der Waals surface area (Å²) in [6.07, 6.45) is 4.13. The predicted molar refractivity (Wildman–Crippen MR) is 99.9 cm³/mol. The van der Waals surface area contributed by atoms with Crippen LogP contribution in [0.5, 0.6) is 11.5 Å². The molecule has 0 saturated carbocycles. The third kappa shape index (κ3) is 2.85. The van der Waals surface area contributed by atoms with Crippen LogP contribution in [0.4, 0.5) is 0 Å². The van der Waals surface area contributed by atoms with E-state index < -0.39 is 17.4 Å². The third-order valence-electron chi connectivity index (χ3n) is 5.93. The van der Waals surface area contributed by atoms with Crippen molar-refractivity contribution in [2.24, 2.45) is 11.8 Å². The highest BCUT2D eigenvalue weighted by atomic mass is 16.6. The van der Waals surface area contributed by atoms with Gasteiger partial charge in [0, 0.05) is 24.7 Å². The fourth-order valence-corrected chi connectivity index (χ4v) is 4.58. The number of carbonyl (C=O) groups excluding carboxylic acids is 2. The second-order valence-corrected chi connectivity index (χ2v) is 7.34. The highest BCUT2D eigenvalue weighted by Gasteiger charge is 2.64. The van der Waals surface area contributed by atoms with Crippen LogP contribution in [0.1, 0.15) is 18.9 Å². The number of rotatable bonds is 6. The van der Waals surface area contributed by atoms with Crippen molar-refractivity contribution in [2.45, 2.75) is 31.6 Å². The van der Waals surface area contributed by atoms with E-state index >= 15 is 0 Å². The van der Waals surface area contributed by atoms with E-state index in [1.54, 1.807) is 32.1 Å². The highest BCUT2D eigenvalue weighted by molar-refractivity contribution is 5.89. The Hall–Kier alpha value is -2.54. The third-order valence-corrected chi connectivity index (χ3v) is 5.93. The molecule has 0 N–H and O–H groups in total. The fourth-order valence-electron chi connectivity index (χ4n) is 4.58. The van der Waals surface area contributed by atoms with Gasteiger partial charge in [-0.1, -0.05) is 12.2 Å². The molecule has 1 spiro atoms. The average molecular weight is 387 g/mol. The van der Waals surface area contributed by atoms with E-state index in [-0.39, 0.29) is 24.6 Å². The predicted octanol–water partition coefficient (Wildman–Crippen LogP) is 1.94. The molecule has 3 aliphatic rings. The first-order chi connectivity index (χ1) is 13.5. The molecule has 2 bridgehead atoms. The molecule has 0 aromatic heterocycles. The van der Waals surface area contributed by atoms with Crippen LogP contribution in [0.15, 0.2) is 30.4 Å². The monoisotopic (exact) mass is 387 g/mol. The number of nitrogens with zero attached hydrogens (tertiary/aromatic N) is 1. The molecule has 3 heterocycles. The maximum Gasteiger partial charge on any atom is 0.312 e. The second kappa shape index (κ2) is 7.13. The first kappa shape index (κ1) is 18.8. The molecule has 28 heavy (non-hydrogen) atoms. The molecule has 0 aliphatic carbocycles. The van der Waals surface area contributed by atoms with Gasteiger partial charge in [0.1, 0.15) is 23.0 Å². The van der Waals surface area contributed by atoms with Crippen molar-refractivity contribution in [3.05, 3.63) is 35.9 Å². The van der Waals surface area contributed by atoms with E-state index in [2.05, 4.69) is 0 Å². The van der Waals surface area contributed by atoms with Gasteiger partial charge in [-0.3, -0.25) is 9.59 Å². The molecule has 3 aliphatic heterocycles. The minimum atomic E-state index is -0.681. The van der Waals surface area contributed by atoms with E-state index in [9.17, 15) is 9.59 Å². The number of hydrogen-bond acceptors (Lipinski definition) is 6. The summed E-state index contributed by atoms with van der Waals surface area (Å²) in [5.41, 5.74) is 0.208. The van der Waals surface area contributed by atoms with Crippen LogP contribution in [0, 0.1) is 11.8 Å². The Labute approximate surface area is 164 Å². The van der Waals surface area contributed by atoms with Crippen molar-refractivity contribution in [1.29, 1.82) is 0 Å². The fraction of sp³-hybridized carbons (Fsp3) is 0.524. The van der Waals surface area contributed by atoms with E-state index in [0.29, 0.717) is 31.0 Å². The quantitative estimate of drug-likeness (QED) is 0.549. The van der Waals surface area contributed by atoms with Crippen LogP contribution in [0.25, 0.3) is 0 Å². The lowest BCUT2D eigenvalue weighted by Gasteiger charge is -2.41. The van der Waals surface area contributed by atoms with Gasteiger partial charge < -0.3 is 23.8 Å². The zero-order valence-corrected chi connectivity index (χ0v) is 16.3. The van der Waals surface area contributed by atoms with Crippen LogP contribution in [-0.4, -0.2) is 55.9 Å². The van der Waals surface area contributed by atoms with Gasteiger partial charge in [-0.2, -0.15) is 0 Å². The molecule has 4 atom stereocenters. The van der Waals surface area contributed by atoms with Crippen LogP contribution in [-0.2, 0) is 25.6 Å². The van der Waals surface area contributed by atoms with Gasteiger partial charge >= 0.3 is 5.97 Å². The van der Waals surface area contributed by atoms with Crippen LogP contribution in [0.2, 0.25) is 0 Å². The Kier molecular flexibility index (Phi) is 4.79. The molecule has 1 amide bonds. The number of amides is 1. The summed E-state index contributed by atoms with van der Waals surface area (Å²) in [6, 6.07) is 5.55. The Morgan fingerprint density at radius 3 is 2.86 bits per heavy atom. The standard InChI is InChI=1S/C21H25NO6/c1-4-27-20(24)17-15-7-8-21(28-15)9-10-22(19(23)18(17)21)12-13-5-6-14(25-2)11-16(13)26-3/h5-8,11,15,17-18H,4,9-10,12H2,1-3H3/t15-,17-,18+,21-/m1/s1. The minimum Gasteiger partial charge on any atom is -0.497 e. The van der Waals surface area contributed by atoms with E-state index in [1.807, 2.05) is 24.3 Å².